The van der Waals surface area contributed by atoms with Crippen LogP contribution >= 0.6 is 11.6 Å². The van der Waals surface area contributed by atoms with Crippen molar-refractivity contribution >= 4 is 28.4 Å². The molecule has 22 heavy (non-hydrogen) atoms. The summed E-state index contributed by atoms with van der Waals surface area (Å²) in [4.78, 5) is 16.7. The summed E-state index contributed by atoms with van der Waals surface area (Å²) in [6.07, 6.45) is 3.65. The highest BCUT2D eigenvalue weighted by molar-refractivity contribution is 6.31. The van der Waals surface area contributed by atoms with E-state index in [2.05, 4.69) is 10.3 Å². The molecule has 116 valence electrons. The molecule has 3 rings (SSSR count). The fraction of sp³-hybridized carbons (Fsp3) is 0.412. The van der Waals surface area contributed by atoms with E-state index in [4.69, 9.17) is 17.3 Å². The molecular formula is C17H20ClN3O. The fourth-order valence-electron chi connectivity index (χ4n) is 2.94. The third kappa shape index (κ3) is 3.57. The molecule has 1 fully saturated rings. The van der Waals surface area contributed by atoms with E-state index in [9.17, 15) is 4.79 Å². The van der Waals surface area contributed by atoms with Crippen LogP contribution in [0.2, 0.25) is 5.02 Å². The van der Waals surface area contributed by atoms with Crippen LogP contribution in [0.3, 0.4) is 0 Å². The SMILES string of the molecule is N[C@H]1CC[C@H](C(=O)NCc2ccc3cc(Cl)ccc3n2)CC1. The van der Waals surface area contributed by atoms with Crippen LogP contribution in [0.4, 0.5) is 0 Å². The summed E-state index contributed by atoms with van der Waals surface area (Å²) >= 11 is 5.96. The monoisotopic (exact) mass is 317 g/mol. The topological polar surface area (TPSA) is 68.0 Å². The first kappa shape index (κ1) is 15.3. The Morgan fingerprint density at radius 3 is 2.77 bits per heavy atom. The molecule has 3 N–H and O–H groups in total. The molecule has 1 saturated carbocycles. The van der Waals surface area contributed by atoms with E-state index in [0.717, 1.165) is 42.3 Å². The number of fused-ring (bicyclic) bond motifs is 1. The molecule has 0 radical (unpaired) electrons. The summed E-state index contributed by atoms with van der Waals surface area (Å²) in [7, 11) is 0. The maximum absolute atomic E-state index is 12.2. The number of nitrogens with zero attached hydrogens (tertiary/aromatic N) is 1. The van der Waals surface area contributed by atoms with Crippen LogP contribution in [0, 0.1) is 5.92 Å². The molecule has 0 unspecified atom stereocenters. The number of hydrogen-bond donors (Lipinski definition) is 2. The van der Waals surface area contributed by atoms with Crippen LogP contribution in [0.25, 0.3) is 10.9 Å². The van der Waals surface area contributed by atoms with Crippen molar-refractivity contribution in [3.63, 3.8) is 0 Å². The van der Waals surface area contributed by atoms with Gasteiger partial charge in [-0.05, 0) is 49.9 Å². The van der Waals surface area contributed by atoms with Gasteiger partial charge in [0.15, 0.2) is 0 Å². The van der Waals surface area contributed by atoms with Crippen molar-refractivity contribution in [2.24, 2.45) is 11.7 Å². The van der Waals surface area contributed by atoms with Gasteiger partial charge in [-0.3, -0.25) is 9.78 Å². The summed E-state index contributed by atoms with van der Waals surface area (Å²) < 4.78 is 0. The van der Waals surface area contributed by atoms with Gasteiger partial charge in [0.05, 0.1) is 17.8 Å². The lowest BCUT2D eigenvalue weighted by molar-refractivity contribution is -0.126. The first-order valence-electron chi connectivity index (χ1n) is 7.70. The van der Waals surface area contributed by atoms with Gasteiger partial charge >= 0.3 is 0 Å². The van der Waals surface area contributed by atoms with E-state index in [-0.39, 0.29) is 17.9 Å². The maximum Gasteiger partial charge on any atom is 0.223 e. The summed E-state index contributed by atoms with van der Waals surface area (Å²) in [5.74, 6) is 0.212. The first-order chi connectivity index (χ1) is 10.6. The molecule has 0 saturated heterocycles. The van der Waals surface area contributed by atoms with Crippen molar-refractivity contribution in [1.29, 1.82) is 0 Å². The molecule has 1 aromatic carbocycles. The standard InChI is InChI=1S/C17H20ClN3O/c18-13-4-8-16-12(9-13)3-7-15(21-16)10-20-17(22)11-1-5-14(19)6-2-11/h3-4,7-9,11,14H,1-2,5-6,10,19H2,(H,20,22)/t11-,14-. The van der Waals surface area contributed by atoms with Gasteiger partial charge in [-0.15, -0.1) is 0 Å². The number of rotatable bonds is 3. The predicted octanol–water partition coefficient (Wildman–Crippen LogP) is 3.02. The lowest BCUT2D eigenvalue weighted by Gasteiger charge is -2.25. The largest absolute Gasteiger partial charge is 0.350 e. The van der Waals surface area contributed by atoms with Gasteiger partial charge in [0.2, 0.25) is 5.91 Å². The molecule has 0 bridgehead atoms. The van der Waals surface area contributed by atoms with Gasteiger partial charge in [0, 0.05) is 22.4 Å². The lowest BCUT2D eigenvalue weighted by atomic mass is 9.86. The zero-order valence-corrected chi connectivity index (χ0v) is 13.1. The summed E-state index contributed by atoms with van der Waals surface area (Å²) in [5, 5.41) is 4.69. The number of nitrogens with one attached hydrogen (secondary N) is 1. The number of pyridine rings is 1. The molecule has 1 aliphatic rings. The van der Waals surface area contributed by atoms with E-state index in [1.54, 1.807) is 0 Å². The number of carbonyl (C=O) groups is 1. The molecule has 1 heterocycles. The van der Waals surface area contributed by atoms with Crippen molar-refractivity contribution in [2.45, 2.75) is 38.3 Å². The highest BCUT2D eigenvalue weighted by atomic mass is 35.5. The molecule has 0 atom stereocenters. The normalized spacial score (nSPS) is 21.7. The molecule has 5 heteroatoms. The maximum atomic E-state index is 12.2. The summed E-state index contributed by atoms with van der Waals surface area (Å²) in [6, 6.07) is 9.77. The molecule has 1 aromatic heterocycles. The Balaban J connectivity index is 1.61. The third-order valence-electron chi connectivity index (χ3n) is 4.30. The number of carbonyl (C=O) groups excluding carboxylic acids is 1. The van der Waals surface area contributed by atoms with E-state index < -0.39 is 0 Å². The van der Waals surface area contributed by atoms with E-state index in [1.807, 2.05) is 30.3 Å². The number of benzene rings is 1. The molecule has 0 aliphatic heterocycles. The van der Waals surface area contributed by atoms with Gasteiger partial charge in [-0.1, -0.05) is 17.7 Å². The molecule has 1 aliphatic carbocycles. The molecule has 4 nitrogen and oxygen atoms in total. The Morgan fingerprint density at radius 2 is 2.00 bits per heavy atom. The summed E-state index contributed by atoms with van der Waals surface area (Å²) in [6.45, 7) is 0.458. The van der Waals surface area contributed by atoms with Gasteiger partial charge in [0.1, 0.15) is 0 Å². The second-order valence-corrected chi connectivity index (χ2v) is 6.41. The number of aromatic nitrogens is 1. The van der Waals surface area contributed by atoms with Gasteiger partial charge in [-0.2, -0.15) is 0 Å². The number of halogens is 1. The smallest absolute Gasteiger partial charge is 0.223 e. The minimum atomic E-state index is 0.0964. The van der Waals surface area contributed by atoms with Gasteiger partial charge in [-0.25, -0.2) is 0 Å². The van der Waals surface area contributed by atoms with Crippen LogP contribution in [0.5, 0.6) is 0 Å². The lowest BCUT2D eigenvalue weighted by Crippen LogP contribution is -2.36. The van der Waals surface area contributed by atoms with Gasteiger partial charge in [0.25, 0.3) is 0 Å². The number of nitrogens with two attached hydrogens (primary N) is 1. The zero-order valence-electron chi connectivity index (χ0n) is 12.4. The van der Waals surface area contributed by atoms with Crippen LogP contribution in [-0.2, 0) is 11.3 Å². The predicted molar refractivity (Wildman–Crippen MR) is 88.5 cm³/mol. The van der Waals surface area contributed by atoms with Crippen LogP contribution < -0.4 is 11.1 Å². The molecule has 2 aromatic rings. The highest BCUT2D eigenvalue weighted by Gasteiger charge is 2.24. The highest BCUT2D eigenvalue weighted by Crippen LogP contribution is 2.23. The van der Waals surface area contributed by atoms with Crippen LogP contribution in [-0.4, -0.2) is 16.9 Å². The quantitative estimate of drug-likeness (QED) is 0.914. The van der Waals surface area contributed by atoms with E-state index in [0.29, 0.717) is 11.6 Å². The second-order valence-electron chi connectivity index (χ2n) is 5.97. The third-order valence-corrected chi connectivity index (χ3v) is 4.53. The van der Waals surface area contributed by atoms with Crippen molar-refractivity contribution in [3.8, 4) is 0 Å². The minimum absolute atomic E-state index is 0.0964. The Bertz CT molecular complexity index is 681. The number of amides is 1. The van der Waals surface area contributed by atoms with Crippen LogP contribution in [0.15, 0.2) is 30.3 Å². The first-order valence-corrected chi connectivity index (χ1v) is 8.08. The molecule has 1 amide bonds. The molecular weight excluding hydrogens is 298 g/mol. The molecule has 0 spiro atoms. The van der Waals surface area contributed by atoms with Gasteiger partial charge < -0.3 is 11.1 Å². The zero-order chi connectivity index (χ0) is 15.5. The Kier molecular flexibility index (Phi) is 4.60. The summed E-state index contributed by atoms with van der Waals surface area (Å²) in [5.41, 5.74) is 7.62. The van der Waals surface area contributed by atoms with Crippen molar-refractivity contribution < 1.29 is 4.79 Å². The Morgan fingerprint density at radius 1 is 1.23 bits per heavy atom. The van der Waals surface area contributed by atoms with E-state index >= 15 is 0 Å². The van der Waals surface area contributed by atoms with E-state index in [1.165, 1.54) is 0 Å². The van der Waals surface area contributed by atoms with Crippen molar-refractivity contribution in [1.82, 2.24) is 10.3 Å². The van der Waals surface area contributed by atoms with Crippen molar-refractivity contribution in [3.05, 3.63) is 41.0 Å². The fourth-order valence-corrected chi connectivity index (χ4v) is 3.12. The average molecular weight is 318 g/mol. The average Bonchev–Trinajstić information content (AvgIpc) is 2.53. The second kappa shape index (κ2) is 6.63. The Labute approximate surface area is 135 Å². The van der Waals surface area contributed by atoms with Crippen molar-refractivity contribution in [2.75, 3.05) is 0 Å². The Hall–Kier alpha value is -1.65. The number of hydrogen-bond acceptors (Lipinski definition) is 3. The van der Waals surface area contributed by atoms with Crippen LogP contribution in [0.1, 0.15) is 31.4 Å². The minimum Gasteiger partial charge on any atom is -0.350 e.